The van der Waals surface area contributed by atoms with Gasteiger partial charge in [0.1, 0.15) is 12.4 Å². The van der Waals surface area contributed by atoms with E-state index in [0.717, 1.165) is 63.6 Å². The van der Waals surface area contributed by atoms with E-state index in [0.29, 0.717) is 12.3 Å². The zero-order valence-electron chi connectivity index (χ0n) is 17.4. The Morgan fingerprint density at radius 2 is 2.07 bits per heavy atom. The van der Waals surface area contributed by atoms with Gasteiger partial charge in [-0.05, 0) is 43.9 Å². The van der Waals surface area contributed by atoms with E-state index < -0.39 is 13.0 Å². The first-order chi connectivity index (χ1) is 14.1. The normalized spacial score (nSPS) is 15.8. The summed E-state index contributed by atoms with van der Waals surface area (Å²) in [5, 5.41) is 3.34. The van der Waals surface area contributed by atoms with Crippen molar-refractivity contribution >= 4 is 5.96 Å². The minimum atomic E-state index is -2.48. The zero-order valence-corrected chi connectivity index (χ0v) is 17.4. The number of aliphatic imine (C=N–C) groups is 1. The number of alkyl halides is 2. The molecule has 1 saturated heterocycles. The summed E-state index contributed by atoms with van der Waals surface area (Å²) in [7, 11) is 1.70. The van der Waals surface area contributed by atoms with Crippen molar-refractivity contribution in [1.82, 2.24) is 10.2 Å². The van der Waals surface area contributed by atoms with Crippen molar-refractivity contribution in [3.8, 4) is 5.75 Å². The number of nitrogens with zero attached hydrogens (tertiary/aromatic N) is 2. The molecule has 0 saturated carbocycles. The fourth-order valence-corrected chi connectivity index (χ4v) is 3.17. The largest absolute Gasteiger partial charge is 0.488 e. The number of hydrogen-bond donors (Lipinski definition) is 1. The molecule has 6 nitrogen and oxygen atoms in total. The van der Waals surface area contributed by atoms with Crippen molar-refractivity contribution in [2.45, 2.75) is 45.3 Å². The molecule has 1 heterocycles. The Morgan fingerprint density at radius 3 is 2.76 bits per heavy atom. The van der Waals surface area contributed by atoms with Crippen LogP contribution in [0.3, 0.4) is 0 Å². The Kier molecular flexibility index (Phi) is 10.7. The van der Waals surface area contributed by atoms with E-state index in [2.05, 4.69) is 10.2 Å². The SMILES string of the molecule is CCNC(=NCc1cccc(OCC(F)F)c1)N1CCC(OCCCOC)CC1. The van der Waals surface area contributed by atoms with E-state index in [1.165, 1.54) is 0 Å². The molecule has 0 atom stereocenters. The molecule has 0 spiro atoms. The summed E-state index contributed by atoms with van der Waals surface area (Å²) in [4.78, 5) is 6.97. The number of hydrogen-bond acceptors (Lipinski definition) is 4. The van der Waals surface area contributed by atoms with Crippen LogP contribution in [0.2, 0.25) is 0 Å². The molecule has 0 unspecified atom stereocenters. The smallest absolute Gasteiger partial charge is 0.272 e. The lowest BCUT2D eigenvalue weighted by Crippen LogP contribution is -2.47. The summed E-state index contributed by atoms with van der Waals surface area (Å²) in [5.41, 5.74) is 0.920. The van der Waals surface area contributed by atoms with Gasteiger partial charge in [-0.15, -0.1) is 0 Å². The molecule has 0 aromatic heterocycles. The number of methoxy groups -OCH3 is 1. The zero-order chi connectivity index (χ0) is 20.9. The van der Waals surface area contributed by atoms with Crippen LogP contribution < -0.4 is 10.1 Å². The van der Waals surface area contributed by atoms with Crippen molar-refractivity contribution in [3.05, 3.63) is 29.8 Å². The lowest BCUT2D eigenvalue weighted by Gasteiger charge is -2.34. The number of halogens is 2. The van der Waals surface area contributed by atoms with Crippen LogP contribution in [0.25, 0.3) is 0 Å². The molecular weight excluding hydrogens is 380 g/mol. The van der Waals surface area contributed by atoms with Crippen molar-refractivity contribution in [3.63, 3.8) is 0 Å². The third-order valence-electron chi connectivity index (χ3n) is 4.61. The summed E-state index contributed by atoms with van der Waals surface area (Å²) in [6.45, 7) is 5.92. The van der Waals surface area contributed by atoms with Gasteiger partial charge in [0.15, 0.2) is 5.96 Å². The fourth-order valence-electron chi connectivity index (χ4n) is 3.17. The van der Waals surface area contributed by atoms with Gasteiger partial charge >= 0.3 is 0 Å². The second-order valence-electron chi connectivity index (χ2n) is 6.92. The number of piperidine rings is 1. The van der Waals surface area contributed by atoms with Gasteiger partial charge in [-0.25, -0.2) is 13.8 Å². The van der Waals surface area contributed by atoms with Gasteiger partial charge in [-0.3, -0.25) is 0 Å². The highest BCUT2D eigenvalue weighted by atomic mass is 19.3. The number of guanidine groups is 1. The molecule has 1 aromatic carbocycles. The van der Waals surface area contributed by atoms with E-state index in [1.807, 2.05) is 13.0 Å². The Labute approximate surface area is 172 Å². The predicted octanol–water partition coefficient (Wildman–Crippen LogP) is 3.31. The van der Waals surface area contributed by atoms with Crippen molar-refractivity contribution < 1.29 is 23.0 Å². The summed E-state index contributed by atoms with van der Waals surface area (Å²) >= 11 is 0. The van der Waals surface area contributed by atoms with Crippen molar-refractivity contribution in [2.24, 2.45) is 4.99 Å². The van der Waals surface area contributed by atoms with E-state index in [-0.39, 0.29) is 6.10 Å². The maximum atomic E-state index is 12.3. The van der Waals surface area contributed by atoms with Crippen LogP contribution >= 0.6 is 0 Å². The van der Waals surface area contributed by atoms with Gasteiger partial charge in [0.05, 0.1) is 12.6 Å². The summed E-state index contributed by atoms with van der Waals surface area (Å²) in [6.07, 6.45) is 0.655. The molecule has 0 bridgehead atoms. The van der Waals surface area contributed by atoms with Gasteiger partial charge in [0.2, 0.25) is 0 Å². The topological polar surface area (TPSA) is 55.3 Å². The molecule has 1 aromatic rings. The molecule has 0 amide bonds. The summed E-state index contributed by atoms with van der Waals surface area (Å²) in [5.74, 6) is 1.30. The maximum absolute atomic E-state index is 12.3. The lowest BCUT2D eigenvalue weighted by atomic mass is 10.1. The second-order valence-corrected chi connectivity index (χ2v) is 6.92. The Hall–Kier alpha value is -1.93. The Balaban J connectivity index is 1.86. The second kappa shape index (κ2) is 13.3. The van der Waals surface area contributed by atoms with Gasteiger partial charge in [0, 0.05) is 40.0 Å². The molecule has 2 rings (SSSR count). The van der Waals surface area contributed by atoms with E-state index in [9.17, 15) is 8.78 Å². The Morgan fingerprint density at radius 1 is 1.28 bits per heavy atom. The van der Waals surface area contributed by atoms with Gasteiger partial charge in [0.25, 0.3) is 6.43 Å². The molecular formula is C21H33F2N3O3. The number of benzene rings is 1. The van der Waals surface area contributed by atoms with Crippen molar-refractivity contribution in [2.75, 3.05) is 46.6 Å². The monoisotopic (exact) mass is 413 g/mol. The third-order valence-corrected chi connectivity index (χ3v) is 4.61. The first kappa shape index (κ1) is 23.3. The minimum absolute atomic E-state index is 0.287. The highest BCUT2D eigenvalue weighted by Crippen LogP contribution is 2.17. The molecule has 0 radical (unpaired) electrons. The fraction of sp³-hybridized carbons (Fsp3) is 0.667. The molecule has 29 heavy (non-hydrogen) atoms. The standard InChI is InChI=1S/C21H33F2N3O3/c1-3-24-21(26-10-8-18(9-11-26)28-13-5-12-27-2)25-15-17-6-4-7-19(14-17)29-16-20(22)23/h4,6-7,14,18,20H,3,5,8-13,15-16H2,1-2H3,(H,24,25). The molecule has 1 aliphatic heterocycles. The number of nitrogens with one attached hydrogen (secondary N) is 1. The maximum Gasteiger partial charge on any atom is 0.272 e. The van der Waals surface area contributed by atoms with Crippen LogP contribution in [-0.4, -0.2) is 70.0 Å². The molecule has 1 fully saturated rings. The van der Waals surface area contributed by atoms with Crippen LogP contribution in [0.5, 0.6) is 5.75 Å². The third kappa shape index (κ3) is 8.95. The van der Waals surface area contributed by atoms with E-state index in [4.69, 9.17) is 19.2 Å². The van der Waals surface area contributed by atoms with Crippen LogP contribution in [0.4, 0.5) is 8.78 Å². The molecule has 1 aliphatic rings. The van der Waals surface area contributed by atoms with E-state index >= 15 is 0 Å². The number of ether oxygens (including phenoxy) is 3. The number of rotatable bonds is 11. The minimum Gasteiger partial charge on any atom is -0.488 e. The Bertz CT molecular complexity index is 609. The highest BCUT2D eigenvalue weighted by molar-refractivity contribution is 5.80. The van der Waals surface area contributed by atoms with Gasteiger partial charge < -0.3 is 24.4 Å². The average Bonchev–Trinajstić information content (AvgIpc) is 2.73. The predicted molar refractivity (Wildman–Crippen MR) is 110 cm³/mol. The van der Waals surface area contributed by atoms with E-state index in [1.54, 1.807) is 25.3 Å². The van der Waals surface area contributed by atoms with Crippen LogP contribution in [0.1, 0.15) is 31.7 Å². The van der Waals surface area contributed by atoms with Crippen LogP contribution in [0.15, 0.2) is 29.3 Å². The molecule has 1 N–H and O–H groups in total. The van der Waals surface area contributed by atoms with Gasteiger partial charge in [-0.1, -0.05) is 12.1 Å². The molecule has 164 valence electrons. The van der Waals surface area contributed by atoms with Crippen molar-refractivity contribution in [1.29, 1.82) is 0 Å². The average molecular weight is 414 g/mol. The van der Waals surface area contributed by atoms with Gasteiger partial charge in [-0.2, -0.15) is 0 Å². The quantitative estimate of drug-likeness (QED) is 0.343. The first-order valence-electron chi connectivity index (χ1n) is 10.3. The summed E-state index contributed by atoms with van der Waals surface area (Å²) in [6, 6.07) is 7.15. The summed E-state index contributed by atoms with van der Waals surface area (Å²) < 4.78 is 40.7. The van der Waals surface area contributed by atoms with Crippen LogP contribution in [0, 0.1) is 0 Å². The molecule has 0 aliphatic carbocycles. The molecule has 8 heteroatoms. The van der Waals surface area contributed by atoms with Crippen LogP contribution in [-0.2, 0) is 16.0 Å². The lowest BCUT2D eigenvalue weighted by molar-refractivity contribution is 0.00990. The number of likely N-dealkylation sites (tertiary alicyclic amines) is 1. The first-order valence-corrected chi connectivity index (χ1v) is 10.3. The highest BCUT2D eigenvalue weighted by Gasteiger charge is 2.21.